The molecule has 0 fully saturated rings. The smallest absolute Gasteiger partial charge is 0.329 e. The molecule has 0 spiro atoms. The average Bonchev–Trinajstić information content (AvgIpc) is 2.92. The van der Waals surface area contributed by atoms with E-state index in [0.717, 1.165) is 5.56 Å². The van der Waals surface area contributed by atoms with Crippen LogP contribution in [0.2, 0.25) is 0 Å². The van der Waals surface area contributed by atoms with Crippen LogP contribution in [0.25, 0.3) is 0 Å². The number of rotatable bonds is 10. The van der Waals surface area contributed by atoms with Gasteiger partial charge in [-0.3, -0.25) is 14.4 Å². The molecule has 0 aliphatic carbocycles. The van der Waals surface area contributed by atoms with Crippen molar-refractivity contribution < 1.29 is 28.6 Å². The van der Waals surface area contributed by atoms with E-state index in [1.54, 1.807) is 56.5 Å². The molecule has 0 heterocycles. The number of anilines is 1. The van der Waals surface area contributed by atoms with Gasteiger partial charge in [0, 0.05) is 11.3 Å². The second-order valence-electron chi connectivity index (χ2n) is 7.75. The highest BCUT2D eigenvalue weighted by atomic mass is 16.5. The van der Waals surface area contributed by atoms with Crippen molar-refractivity contribution in [3.8, 4) is 17.2 Å². The van der Waals surface area contributed by atoms with Gasteiger partial charge in [0.2, 0.25) is 0 Å². The van der Waals surface area contributed by atoms with Crippen molar-refractivity contribution >= 4 is 29.6 Å². The lowest BCUT2D eigenvalue weighted by atomic mass is 10.1. The molecule has 10 nitrogen and oxygen atoms in total. The van der Waals surface area contributed by atoms with Crippen molar-refractivity contribution in [2.24, 2.45) is 5.10 Å². The lowest BCUT2D eigenvalue weighted by Gasteiger charge is -2.14. The molecule has 0 bridgehead atoms. The van der Waals surface area contributed by atoms with Gasteiger partial charge in [-0.2, -0.15) is 5.10 Å². The molecule has 3 aromatic rings. The van der Waals surface area contributed by atoms with Crippen LogP contribution in [0.1, 0.15) is 24.1 Å². The van der Waals surface area contributed by atoms with E-state index in [1.165, 1.54) is 13.3 Å². The molecule has 192 valence electrons. The van der Waals surface area contributed by atoms with Crippen LogP contribution in [0.5, 0.6) is 17.2 Å². The van der Waals surface area contributed by atoms with Gasteiger partial charge in [0.25, 0.3) is 5.91 Å². The number of para-hydroxylation sites is 1. The third-order valence-corrected chi connectivity index (χ3v) is 5.17. The molecular formula is C27H28N4O6. The number of hydrogen-bond acceptors (Lipinski definition) is 7. The number of nitrogens with zero attached hydrogens (tertiary/aromatic N) is 1. The molecule has 10 heteroatoms. The van der Waals surface area contributed by atoms with Gasteiger partial charge < -0.3 is 24.8 Å². The van der Waals surface area contributed by atoms with E-state index in [2.05, 4.69) is 21.2 Å². The Morgan fingerprint density at radius 2 is 1.62 bits per heavy atom. The van der Waals surface area contributed by atoms with Crippen LogP contribution in [-0.2, 0) is 14.4 Å². The molecule has 3 rings (SSSR count). The first-order valence-corrected chi connectivity index (χ1v) is 11.3. The van der Waals surface area contributed by atoms with E-state index in [1.807, 2.05) is 30.3 Å². The Hall–Kier alpha value is -4.86. The normalized spacial score (nSPS) is 11.3. The van der Waals surface area contributed by atoms with Gasteiger partial charge in [-0.25, -0.2) is 5.43 Å². The van der Waals surface area contributed by atoms with Gasteiger partial charge in [0.1, 0.15) is 5.75 Å². The van der Waals surface area contributed by atoms with Crippen LogP contribution in [0.15, 0.2) is 77.9 Å². The van der Waals surface area contributed by atoms with Gasteiger partial charge in [0.15, 0.2) is 18.1 Å². The topological polar surface area (TPSA) is 127 Å². The van der Waals surface area contributed by atoms with E-state index in [9.17, 15) is 14.4 Å². The maximum Gasteiger partial charge on any atom is 0.329 e. The number of benzene rings is 3. The molecular weight excluding hydrogens is 476 g/mol. The van der Waals surface area contributed by atoms with Crippen LogP contribution in [0, 0.1) is 0 Å². The number of nitrogens with one attached hydrogen (secondary N) is 3. The highest BCUT2D eigenvalue weighted by Crippen LogP contribution is 2.30. The third-order valence-electron chi connectivity index (χ3n) is 5.17. The minimum atomic E-state index is -0.928. The number of ether oxygens (including phenoxy) is 3. The van der Waals surface area contributed by atoms with E-state index in [4.69, 9.17) is 14.2 Å². The fourth-order valence-corrected chi connectivity index (χ4v) is 3.26. The van der Waals surface area contributed by atoms with Gasteiger partial charge in [-0.1, -0.05) is 36.4 Å². The fourth-order valence-electron chi connectivity index (χ4n) is 3.26. The van der Waals surface area contributed by atoms with Crippen LogP contribution < -0.4 is 30.3 Å². The Morgan fingerprint density at radius 3 is 2.30 bits per heavy atom. The molecule has 0 saturated carbocycles. The summed E-state index contributed by atoms with van der Waals surface area (Å²) in [6.07, 6.45) is 1.30. The number of carbonyl (C=O) groups excluding carboxylic acids is 3. The number of amides is 3. The van der Waals surface area contributed by atoms with Gasteiger partial charge in [0.05, 0.1) is 26.5 Å². The molecule has 3 amide bonds. The fraction of sp³-hybridized carbons (Fsp3) is 0.185. The van der Waals surface area contributed by atoms with Gasteiger partial charge in [-0.05, 0) is 48.9 Å². The second kappa shape index (κ2) is 13.3. The highest BCUT2D eigenvalue weighted by molar-refractivity contribution is 6.35. The number of carbonyl (C=O) groups is 3. The monoisotopic (exact) mass is 504 g/mol. The van der Waals surface area contributed by atoms with Crippen molar-refractivity contribution in [1.82, 2.24) is 10.7 Å². The average molecular weight is 505 g/mol. The lowest BCUT2D eigenvalue weighted by Crippen LogP contribution is -2.39. The van der Waals surface area contributed by atoms with Gasteiger partial charge >= 0.3 is 11.8 Å². The third kappa shape index (κ3) is 7.82. The number of methoxy groups -OCH3 is 2. The predicted molar refractivity (Wildman–Crippen MR) is 139 cm³/mol. The molecule has 3 aromatic carbocycles. The van der Waals surface area contributed by atoms with Crippen LogP contribution >= 0.6 is 0 Å². The molecule has 3 N–H and O–H groups in total. The molecule has 0 aromatic heterocycles. The molecule has 0 saturated heterocycles. The first-order valence-electron chi connectivity index (χ1n) is 11.3. The Morgan fingerprint density at radius 1 is 0.892 bits per heavy atom. The largest absolute Gasteiger partial charge is 0.497 e. The van der Waals surface area contributed by atoms with Crippen LogP contribution in [0.3, 0.4) is 0 Å². The molecule has 0 aliphatic heterocycles. The summed E-state index contributed by atoms with van der Waals surface area (Å²) in [7, 11) is 3.02. The summed E-state index contributed by atoms with van der Waals surface area (Å²) < 4.78 is 16.1. The lowest BCUT2D eigenvalue weighted by molar-refractivity contribution is -0.139. The van der Waals surface area contributed by atoms with Crippen molar-refractivity contribution in [3.05, 3.63) is 83.9 Å². The van der Waals surface area contributed by atoms with Crippen molar-refractivity contribution in [1.29, 1.82) is 0 Å². The second-order valence-corrected chi connectivity index (χ2v) is 7.75. The SMILES string of the molecule is COc1ccc(NC(=O)COc2c(/C=N\NC(=O)C(=O)N[C@@H](C)c3ccccc3)cccc2OC)cc1. The zero-order valence-corrected chi connectivity index (χ0v) is 20.7. The van der Waals surface area contributed by atoms with Crippen molar-refractivity contribution in [2.75, 3.05) is 26.1 Å². The summed E-state index contributed by atoms with van der Waals surface area (Å²) >= 11 is 0. The van der Waals surface area contributed by atoms with Crippen molar-refractivity contribution in [3.63, 3.8) is 0 Å². The predicted octanol–water partition coefficient (Wildman–Crippen LogP) is 3.05. The maximum absolute atomic E-state index is 12.4. The Balaban J connectivity index is 1.59. The summed E-state index contributed by atoms with van der Waals surface area (Å²) in [5.74, 6) is -0.870. The molecule has 37 heavy (non-hydrogen) atoms. The first-order chi connectivity index (χ1) is 17.9. The quantitative estimate of drug-likeness (QED) is 0.221. The Bertz CT molecular complexity index is 1250. The van der Waals surface area contributed by atoms with Gasteiger partial charge in [-0.15, -0.1) is 0 Å². The summed E-state index contributed by atoms with van der Waals surface area (Å²) in [4.78, 5) is 36.8. The number of hydrogen-bond donors (Lipinski definition) is 3. The molecule has 0 unspecified atom stereocenters. The minimum absolute atomic E-state index is 0.245. The van der Waals surface area contributed by atoms with E-state index in [0.29, 0.717) is 22.7 Å². The summed E-state index contributed by atoms with van der Waals surface area (Å²) in [5, 5.41) is 9.19. The minimum Gasteiger partial charge on any atom is -0.497 e. The summed E-state index contributed by atoms with van der Waals surface area (Å²) in [5.41, 5.74) is 4.06. The molecule has 0 aliphatic rings. The summed E-state index contributed by atoms with van der Waals surface area (Å²) in [6.45, 7) is 1.47. The molecule has 1 atom stereocenters. The maximum atomic E-state index is 12.4. The van der Waals surface area contributed by atoms with Crippen molar-refractivity contribution in [2.45, 2.75) is 13.0 Å². The number of hydrazone groups is 1. The van der Waals surface area contributed by atoms with Crippen LogP contribution in [-0.4, -0.2) is 44.8 Å². The van der Waals surface area contributed by atoms with E-state index >= 15 is 0 Å². The summed E-state index contributed by atoms with van der Waals surface area (Å²) in [6, 6.07) is 20.8. The zero-order chi connectivity index (χ0) is 26.6. The highest BCUT2D eigenvalue weighted by Gasteiger charge is 2.17. The van der Waals surface area contributed by atoms with E-state index < -0.39 is 17.7 Å². The Kier molecular flexibility index (Phi) is 9.60. The zero-order valence-electron chi connectivity index (χ0n) is 20.7. The molecule has 0 radical (unpaired) electrons. The van der Waals surface area contributed by atoms with Crippen LogP contribution in [0.4, 0.5) is 5.69 Å². The van der Waals surface area contributed by atoms with E-state index in [-0.39, 0.29) is 18.4 Å². The first kappa shape index (κ1) is 26.7. The Labute approximate surface area is 214 Å². The standard InChI is InChI=1S/C27H28N4O6/c1-18(19-8-5-4-6-9-19)29-26(33)27(34)31-28-16-20-10-7-11-23(36-3)25(20)37-17-24(32)30-21-12-14-22(35-2)15-13-21/h4-16,18H,17H2,1-3H3,(H,29,33)(H,30,32)(H,31,34)/b28-16-/t18-/m0/s1.